The molecule has 0 unspecified atom stereocenters. The van der Waals surface area contributed by atoms with Gasteiger partial charge in [0.25, 0.3) is 0 Å². The number of piperidine rings is 1. The molecule has 0 spiro atoms. The van der Waals surface area contributed by atoms with Gasteiger partial charge < -0.3 is 10.2 Å². The van der Waals surface area contributed by atoms with Gasteiger partial charge in [0.15, 0.2) is 0 Å². The maximum Gasteiger partial charge on any atom is 0.0363 e. The van der Waals surface area contributed by atoms with Crippen LogP contribution in [0.5, 0.6) is 0 Å². The van der Waals surface area contributed by atoms with E-state index in [1.807, 2.05) is 0 Å². The van der Waals surface area contributed by atoms with Crippen LogP contribution in [-0.4, -0.2) is 26.7 Å². The zero-order chi connectivity index (χ0) is 12.8. The summed E-state index contributed by atoms with van der Waals surface area (Å²) >= 11 is 0. The summed E-state index contributed by atoms with van der Waals surface area (Å²) in [4.78, 5) is 2.41. The Bertz CT molecular complexity index is 339. The molecule has 1 fully saturated rings. The molecule has 2 nitrogen and oxygen atoms in total. The summed E-state index contributed by atoms with van der Waals surface area (Å²) in [5.74, 6) is 0.853. The van der Waals surface area contributed by atoms with Gasteiger partial charge in [-0.25, -0.2) is 0 Å². The Morgan fingerprint density at radius 1 is 1.17 bits per heavy atom. The van der Waals surface area contributed by atoms with Crippen molar-refractivity contribution in [2.45, 2.75) is 32.6 Å². The van der Waals surface area contributed by atoms with Crippen molar-refractivity contribution < 1.29 is 0 Å². The summed E-state index contributed by atoms with van der Waals surface area (Å²) in [5.41, 5.74) is 2.81. The maximum absolute atomic E-state index is 3.43. The van der Waals surface area contributed by atoms with Crippen LogP contribution in [0.25, 0.3) is 0 Å². The fraction of sp³-hybridized carbons (Fsp3) is 0.625. The largest absolute Gasteiger partial charge is 0.374 e. The first-order chi connectivity index (χ1) is 8.79. The van der Waals surface area contributed by atoms with Crippen LogP contribution < -0.4 is 10.2 Å². The minimum absolute atomic E-state index is 0.853. The molecule has 1 N–H and O–H groups in total. The highest BCUT2D eigenvalue weighted by molar-refractivity contribution is 5.46. The van der Waals surface area contributed by atoms with Crippen LogP contribution in [0, 0.1) is 5.92 Å². The fourth-order valence-electron chi connectivity index (χ4n) is 2.76. The van der Waals surface area contributed by atoms with Crippen molar-refractivity contribution in [3.05, 3.63) is 29.8 Å². The van der Waals surface area contributed by atoms with Gasteiger partial charge in [0.2, 0.25) is 0 Å². The standard InChI is InChI=1S/C16H26N2/c1-3-4-14-5-7-16(8-6-14)18(2)13-15-9-11-17-12-10-15/h5-8,15,17H,3-4,9-13H2,1-2H3. The molecule has 0 saturated carbocycles. The lowest BCUT2D eigenvalue weighted by Crippen LogP contribution is -2.34. The summed E-state index contributed by atoms with van der Waals surface area (Å²) in [7, 11) is 2.22. The van der Waals surface area contributed by atoms with Crippen molar-refractivity contribution in [1.29, 1.82) is 0 Å². The predicted octanol–water partition coefficient (Wildman–Crippen LogP) is 3.07. The van der Waals surface area contributed by atoms with E-state index in [1.165, 1.54) is 56.6 Å². The SMILES string of the molecule is CCCc1ccc(N(C)CC2CCNCC2)cc1. The Morgan fingerprint density at radius 3 is 2.44 bits per heavy atom. The highest BCUT2D eigenvalue weighted by Gasteiger charge is 2.15. The molecule has 1 aromatic carbocycles. The first kappa shape index (κ1) is 13.4. The summed E-state index contributed by atoms with van der Waals surface area (Å²) < 4.78 is 0. The molecule has 2 rings (SSSR count). The number of rotatable bonds is 5. The van der Waals surface area contributed by atoms with Gasteiger partial charge in [0, 0.05) is 19.3 Å². The molecule has 2 heteroatoms. The average Bonchev–Trinajstić information content (AvgIpc) is 2.41. The molecule has 100 valence electrons. The molecule has 1 aliphatic rings. The van der Waals surface area contributed by atoms with Gasteiger partial charge in [-0.1, -0.05) is 25.5 Å². The lowest BCUT2D eigenvalue weighted by Gasteiger charge is -2.29. The van der Waals surface area contributed by atoms with Gasteiger partial charge in [-0.3, -0.25) is 0 Å². The van der Waals surface area contributed by atoms with Crippen LogP contribution in [0.1, 0.15) is 31.7 Å². The van der Waals surface area contributed by atoms with E-state index < -0.39 is 0 Å². The topological polar surface area (TPSA) is 15.3 Å². The molecular weight excluding hydrogens is 220 g/mol. The van der Waals surface area contributed by atoms with Crippen LogP contribution in [0.15, 0.2) is 24.3 Å². The van der Waals surface area contributed by atoms with Crippen molar-refractivity contribution in [2.75, 3.05) is 31.6 Å². The number of anilines is 1. The van der Waals surface area contributed by atoms with Gasteiger partial charge in [-0.05, 0) is 56.0 Å². The monoisotopic (exact) mass is 246 g/mol. The van der Waals surface area contributed by atoms with Crippen molar-refractivity contribution in [3.63, 3.8) is 0 Å². The fourth-order valence-corrected chi connectivity index (χ4v) is 2.76. The van der Waals surface area contributed by atoms with Gasteiger partial charge in [0.1, 0.15) is 0 Å². The van der Waals surface area contributed by atoms with Crippen molar-refractivity contribution in [3.8, 4) is 0 Å². The van der Waals surface area contributed by atoms with E-state index >= 15 is 0 Å². The van der Waals surface area contributed by atoms with Crippen molar-refractivity contribution in [2.24, 2.45) is 5.92 Å². The lowest BCUT2D eigenvalue weighted by atomic mass is 9.97. The van der Waals surface area contributed by atoms with Crippen molar-refractivity contribution >= 4 is 5.69 Å². The number of nitrogens with one attached hydrogen (secondary N) is 1. The zero-order valence-electron chi connectivity index (χ0n) is 11.8. The number of aryl methyl sites for hydroxylation is 1. The molecule has 1 aliphatic heterocycles. The quantitative estimate of drug-likeness (QED) is 0.859. The summed E-state index contributed by atoms with van der Waals surface area (Å²) in [6.07, 6.45) is 5.05. The Balaban J connectivity index is 1.89. The minimum Gasteiger partial charge on any atom is -0.374 e. The molecule has 0 amide bonds. The summed E-state index contributed by atoms with van der Waals surface area (Å²) in [6.45, 7) is 5.80. The Hall–Kier alpha value is -1.02. The van der Waals surface area contributed by atoms with E-state index in [-0.39, 0.29) is 0 Å². The van der Waals surface area contributed by atoms with Crippen LogP contribution in [0.4, 0.5) is 5.69 Å². The Morgan fingerprint density at radius 2 is 1.83 bits per heavy atom. The van der Waals surface area contributed by atoms with E-state index in [9.17, 15) is 0 Å². The van der Waals surface area contributed by atoms with E-state index in [4.69, 9.17) is 0 Å². The number of benzene rings is 1. The first-order valence-electron chi connectivity index (χ1n) is 7.30. The maximum atomic E-state index is 3.43. The first-order valence-corrected chi connectivity index (χ1v) is 7.30. The molecule has 0 bridgehead atoms. The minimum atomic E-state index is 0.853. The molecule has 1 heterocycles. The van der Waals surface area contributed by atoms with E-state index in [2.05, 4.69) is 48.5 Å². The van der Waals surface area contributed by atoms with Gasteiger partial charge in [-0.15, -0.1) is 0 Å². The molecule has 18 heavy (non-hydrogen) atoms. The molecular formula is C16H26N2. The third-order valence-corrected chi connectivity index (χ3v) is 3.91. The van der Waals surface area contributed by atoms with Gasteiger partial charge >= 0.3 is 0 Å². The van der Waals surface area contributed by atoms with Crippen LogP contribution in [0.3, 0.4) is 0 Å². The second-order valence-electron chi connectivity index (χ2n) is 5.49. The molecule has 0 atom stereocenters. The third kappa shape index (κ3) is 3.74. The third-order valence-electron chi connectivity index (χ3n) is 3.91. The van der Waals surface area contributed by atoms with Crippen LogP contribution in [0.2, 0.25) is 0 Å². The van der Waals surface area contributed by atoms with Crippen LogP contribution >= 0.6 is 0 Å². The zero-order valence-corrected chi connectivity index (χ0v) is 11.8. The Kier molecular flexibility index (Phi) is 5.06. The predicted molar refractivity (Wildman–Crippen MR) is 79.3 cm³/mol. The Labute approximate surface area is 111 Å². The number of hydrogen-bond acceptors (Lipinski definition) is 2. The van der Waals surface area contributed by atoms with Crippen molar-refractivity contribution in [1.82, 2.24) is 5.32 Å². The molecule has 0 aliphatic carbocycles. The van der Waals surface area contributed by atoms with Gasteiger partial charge in [0.05, 0.1) is 0 Å². The van der Waals surface area contributed by atoms with E-state index in [0.717, 1.165) is 5.92 Å². The van der Waals surface area contributed by atoms with Gasteiger partial charge in [-0.2, -0.15) is 0 Å². The van der Waals surface area contributed by atoms with E-state index in [0.29, 0.717) is 0 Å². The molecule has 0 aromatic heterocycles. The summed E-state index contributed by atoms with van der Waals surface area (Å²) in [5, 5.41) is 3.43. The number of hydrogen-bond donors (Lipinski definition) is 1. The second-order valence-corrected chi connectivity index (χ2v) is 5.49. The molecule has 1 saturated heterocycles. The molecule has 0 radical (unpaired) electrons. The number of nitrogens with zero attached hydrogens (tertiary/aromatic N) is 1. The van der Waals surface area contributed by atoms with Crippen LogP contribution in [-0.2, 0) is 6.42 Å². The lowest BCUT2D eigenvalue weighted by molar-refractivity contribution is 0.378. The second kappa shape index (κ2) is 6.79. The summed E-state index contributed by atoms with van der Waals surface area (Å²) in [6, 6.07) is 9.09. The van der Waals surface area contributed by atoms with E-state index in [1.54, 1.807) is 0 Å². The average molecular weight is 246 g/mol. The highest BCUT2D eigenvalue weighted by Crippen LogP contribution is 2.19. The highest BCUT2D eigenvalue weighted by atomic mass is 15.1. The normalized spacial score (nSPS) is 16.8. The molecule has 1 aromatic rings. The smallest absolute Gasteiger partial charge is 0.0363 e.